The fourth-order valence-electron chi connectivity index (χ4n) is 2.35. The van der Waals surface area contributed by atoms with Gasteiger partial charge in [0.25, 0.3) is 0 Å². The van der Waals surface area contributed by atoms with Crippen LogP contribution in [0.5, 0.6) is 0 Å². The fourth-order valence-corrected chi connectivity index (χ4v) is 2.35. The van der Waals surface area contributed by atoms with E-state index in [1.165, 1.54) is 0 Å². The SMILES string of the molecule is Cc1nn(C(C)C)c(NCC2(O)CCOC2C)c1N. The normalized spacial score (nSPS) is 27.2. The zero-order valence-corrected chi connectivity index (χ0v) is 12.1. The van der Waals surface area contributed by atoms with Gasteiger partial charge in [-0.05, 0) is 27.7 Å². The lowest BCUT2D eigenvalue weighted by atomic mass is 9.97. The van der Waals surface area contributed by atoms with E-state index in [1.54, 1.807) is 0 Å². The molecule has 19 heavy (non-hydrogen) atoms. The van der Waals surface area contributed by atoms with Crippen LogP contribution in [-0.4, -0.2) is 39.7 Å². The highest BCUT2D eigenvalue weighted by molar-refractivity contribution is 5.65. The number of nitrogens with one attached hydrogen (secondary N) is 1. The Labute approximate surface area is 113 Å². The molecule has 2 rings (SSSR count). The van der Waals surface area contributed by atoms with E-state index in [2.05, 4.69) is 10.4 Å². The number of nitrogen functional groups attached to an aromatic ring is 1. The lowest BCUT2D eigenvalue weighted by Gasteiger charge is -2.27. The topological polar surface area (TPSA) is 85.3 Å². The molecular weight excluding hydrogens is 244 g/mol. The molecule has 0 radical (unpaired) electrons. The van der Waals surface area contributed by atoms with Crippen LogP contribution in [0.4, 0.5) is 11.5 Å². The molecule has 108 valence electrons. The van der Waals surface area contributed by atoms with Crippen LogP contribution in [0.15, 0.2) is 0 Å². The Bertz CT molecular complexity index is 458. The van der Waals surface area contributed by atoms with Crippen molar-refractivity contribution < 1.29 is 9.84 Å². The molecule has 2 heterocycles. The van der Waals surface area contributed by atoms with Gasteiger partial charge in [0.2, 0.25) is 0 Å². The molecule has 1 aliphatic heterocycles. The maximum absolute atomic E-state index is 10.5. The van der Waals surface area contributed by atoms with Crippen molar-refractivity contribution in [1.82, 2.24) is 9.78 Å². The molecule has 4 N–H and O–H groups in total. The number of rotatable bonds is 4. The van der Waals surface area contributed by atoms with Crippen LogP contribution in [0.1, 0.15) is 38.9 Å². The van der Waals surface area contributed by atoms with Crippen molar-refractivity contribution in [1.29, 1.82) is 0 Å². The molecule has 1 aromatic rings. The third-order valence-electron chi connectivity index (χ3n) is 3.84. The van der Waals surface area contributed by atoms with Crippen molar-refractivity contribution in [3.8, 4) is 0 Å². The van der Waals surface area contributed by atoms with Gasteiger partial charge in [0.1, 0.15) is 11.4 Å². The zero-order chi connectivity index (χ0) is 14.2. The Kier molecular flexibility index (Phi) is 3.73. The summed E-state index contributed by atoms with van der Waals surface area (Å²) in [6.07, 6.45) is 0.466. The fraction of sp³-hybridized carbons (Fsp3) is 0.769. The van der Waals surface area contributed by atoms with Crippen LogP contribution in [-0.2, 0) is 4.74 Å². The lowest BCUT2D eigenvalue weighted by Crippen LogP contribution is -2.43. The highest BCUT2D eigenvalue weighted by Gasteiger charge is 2.39. The molecule has 0 amide bonds. The summed E-state index contributed by atoms with van der Waals surface area (Å²) in [7, 11) is 0. The van der Waals surface area contributed by atoms with Crippen LogP contribution in [0, 0.1) is 6.92 Å². The lowest BCUT2D eigenvalue weighted by molar-refractivity contribution is -0.0176. The van der Waals surface area contributed by atoms with Gasteiger partial charge in [-0.15, -0.1) is 0 Å². The van der Waals surface area contributed by atoms with Crippen LogP contribution < -0.4 is 11.1 Å². The number of anilines is 2. The van der Waals surface area contributed by atoms with Gasteiger partial charge in [-0.3, -0.25) is 0 Å². The van der Waals surface area contributed by atoms with Crippen LogP contribution in [0.2, 0.25) is 0 Å². The van der Waals surface area contributed by atoms with Crippen molar-refractivity contribution >= 4 is 11.5 Å². The van der Waals surface area contributed by atoms with E-state index in [0.717, 1.165) is 11.5 Å². The van der Waals surface area contributed by atoms with Gasteiger partial charge < -0.3 is 20.9 Å². The van der Waals surface area contributed by atoms with Gasteiger partial charge in [-0.1, -0.05) is 0 Å². The molecule has 0 bridgehead atoms. The average Bonchev–Trinajstić information content (AvgIpc) is 2.81. The first kappa shape index (κ1) is 14.1. The minimum absolute atomic E-state index is 0.169. The van der Waals surface area contributed by atoms with Gasteiger partial charge in [-0.25, -0.2) is 4.68 Å². The highest BCUT2D eigenvalue weighted by Crippen LogP contribution is 2.29. The molecule has 1 fully saturated rings. The minimum Gasteiger partial charge on any atom is -0.394 e. The third-order valence-corrected chi connectivity index (χ3v) is 3.84. The molecule has 0 aliphatic carbocycles. The van der Waals surface area contributed by atoms with Gasteiger partial charge in [0.05, 0.1) is 17.5 Å². The maximum atomic E-state index is 10.5. The van der Waals surface area contributed by atoms with E-state index in [0.29, 0.717) is 25.3 Å². The van der Waals surface area contributed by atoms with Gasteiger partial charge >= 0.3 is 0 Å². The molecule has 1 saturated heterocycles. The quantitative estimate of drug-likeness (QED) is 0.766. The number of nitrogens with zero attached hydrogens (tertiary/aromatic N) is 2. The summed E-state index contributed by atoms with van der Waals surface area (Å²) in [4.78, 5) is 0. The van der Waals surface area contributed by atoms with E-state index in [1.807, 2.05) is 32.4 Å². The first-order chi connectivity index (χ1) is 8.85. The smallest absolute Gasteiger partial charge is 0.148 e. The summed E-state index contributed by atoms with van der Waals surface area (Å²) in [6, 6.07) is 0.213. The monoisotopic (exact) mass is 268 g/mol. The Morgan fingerprint density at radius 1 is 1.63 bits per heavy atom. The second-order valence-corrected chi connectivity index (χ2v) is 5.61. The molecule has 1 aliphatic rings. The average molecular weight is 268 g/mol. The molecule has 2 atom stereocenters. The number of nitrogens with two attached hydrogens (primary N) is 1. The van der Waals surface area contributed by atoms with Crippen molar-refractivity contribution in [2.75, 3.05) is 24.2 Å². The Balaban J connectivity index is 2.15. The molecule has 6 nitrogen and oxygen atoms in total. The second kappa shape index (κ2) is 5.02. The summed E-state index contributed by atoms with van der Waals surface area (Å²) in [5.41, 5.74) is 6.65. The van der Waals surface area contributed by atoms with E-state index in [9.17, 15) is 5.11 Å². The van der Waals surface area contributed by atoms with Crippen molar-refractivity contribution in [3.63, 3.8) is 0 Å². The molecule has 6 heteroatoms. The predicted molar refractivity (Wildman–Crippen MR) is 75.2 cm³/mol. The first-order valence-electron chi connectivity index (χ1n) is 6.77. The van der Waals surface area contributed by atoms with Crippen LogP contribution in [0.25, 0.3) is 0 Å². The summed E-state index contributed by atoms with van der Waals surface area (Å²) < 4.78 is 7.28. The van der Waals surface area contributed by atoms with Crippen LogP contribution in [0.3, 0.4) is 0 Å². The zero-order valence-electron chi connectivity index (χ0n) is 12.1. The number of hydrogen-bond donors (Lipinski definition) is 3. The molecule has 2 unspecified atom stereocenters. The minimum atomic E-state index is -0.841. The van der Waals surface area contributed by atoms with Crippen molar-refractivity contribution in [2.45, 2.75) is 51.9 Å². The molecule has 0 saturated carbocycles. The number of ether oxygens (including phenoxy) is 1. The summed E-state index contributed by atoms with van der Waals surface area (Å²) in [5, 5.41) is 18.1. The van der Waals surface area contributed by atoms with E-state index in [4.69, 9.17) is 10.5 Å². The molecule has 0 aromatic carbocycles. The Hall–Kier alpha value is -1.27. The number of aromatic nitrogens is 2. The number of aryl methyl sites for hydroxylation is 1. The summed E-state index contributed by atoms with van der Waals surface area (Å²) >= 11 is 0. The van der Waals surface area contributed by atoms with E-state index in [-0.39, 0.29) is 12.1 Å². The van der Waals surface area contributed by atoms with E-state index < -0.39 is 5.60 Å². The standard InChI is InChI=1S/C13H24N4O2/c1-8(2)17-12(11(14)9(3)16-17)15-7-13(18)5-6-19-10(13)4/h8,10,15,18H,5-7,14H2,1-4H3. The summed E-state index contributed by atoms with van der Waals surface area (Å²) in [6.45, 7) is 8.88. The second-order valence-electron chi connectivity index (χ2n) is 5.61. The van der Waals surface area contributed by atoms with Gasteiger partial charge in [0, 0.05) is 25.6 Å². The van der Waals surface area contributed by atoms with Crippen molar-refractivity contribution in [3.05, 3.63) is 5.69 Å². The number of aliphatic hydroxyl groups is 1. The van der Waals surface area contributed by atoms with Gasteiger partial charge in [-0.2, -0.15) is 5.10 Å². The first-order valence-corrected chi connectivity index (χ1v) is 6.77. The molecule has 0 spiro atoms. The Morgan fingerprint density at radius 3 is 2.84 bits per heavy atom. The van der Waals surface area contributed by atoms with Crippen molar-refractivity contribution in [2.24, 2.45) is 0 Å². The van der Waals surface area contributed by atoms with Gasteiger partial charge in [0.15, 0.2) is 0 Å². The Morgan fingerprint density at radius 2 is 2.32 bits per heavy atom. The largest absolute Gasteiger partial charge is 0.394 e. The third kappa shape index (κ3) is 2.55. The number of hydrogen-bond acceptors (Lipinski definition) is 5. The molecule has 1 aromatic heterocycles. The predicted octanol–water partition coefficient (Wildman–Crippen LogP) is 1.31. The highest BCUT2D eigenvalue weighted by atomic mass is 16.5. The maximum Gasteiger partial charge on any atom is 0.148 e. The van der Waals surface area contributed by atoms with E-state index >= 15 is 0 Å². The van der Waals surface area contributed by atoms with Crippen LogP contribution >= 0.6 is 0 Å². The summed E-state index contributed by atoms with van der Waals surface area (Å²) in [5.74, 6) is 0.778. The molecular formula is C13H24N4O2.